The van der Waals surface area contributed by atoms with Crippen LogP contribution in [0.15, 0.2) is 58.9 Å². The number of rotatable bonds is 2. The minimum absolute atomic E-state index is 0.149. The topological polar surface area (TPSA) is 34.4 Å². The van der Waals surface area contributed by atoms with Crippen molar-refractivity contribution in [1.29, 1.82) is 0 Å². The largest absolute Gasteiger partial charge is 0.287 e. The Balaban J connectivity index is 2.12. The van der Waals surface area contributed by atoms with E-state index in [0.717, 1.165) is 11.8 Å². The van der Waals surface area contributed by atoms with E-state index in [0.29, 0.717) is 10.5 Å². The zero-order valence-electron chi connectivity index (χ0n) is 12.2. The Morgan fingerprint density at radius 1 is 1.13 bits per heavy atom. The Labute approximate surface area is 135 Å². The molecule has 0 saturated heterocycles. The van der Waals surface area contributed by atoms with E-state index in [-0.39, 0.29) is 5.56 Å². The lowest BCUT2D eigenvalue weighted by molar-refractivity contribution is 0.0997. The Morgan fingerprint density at radius 2 is 1.91 bits per heavy atom. The second kappa shape index (κ2) is 6.26. The van der Waals surface area contributed by atoms with Crippen molar-refractivity contribution in [2.45, 2.75) is 6.92 Å². The minimum atomic E-state index is -0.573. The summed E-state index contributed by atoms with van der Waals surface area (Å²) in [6.07, 6.45) is 0. The van der Waals surface area contributed by atoms with Crippen LogP contribution >= 0.6 is 11.3 Å². The van der Waals surface area contributed by atoms with Gasteiger partial charge < -0.3 is 0 Å². The molecule has 1 aromatic heterocycles. The van der Waals surface area contributed by atoms with Gasteiger partial charge in [-0.05, 0) is 37.3 Å². The van der Waals surface area contributed by atoms with E-state index < -0.39 is 17.5 Å². The Bertz CT molecular complexity index is 944. The number of hydrogen-bond acceptors (Lipinski definition) is 2. The van der Waals surface area contributed by atoms with Gasteiger partial charge >= 0.3 is 0 Å². The molecule has 0 aliphatic carbocycles. The standard InChI is InChI=1S/C17H12F2N2OS/c1-11-10-23-17(21(11)15-8-3-2-7-14(15)19)20-16(22)12-5-4-6-13(18)9-12/h2-10H,1H3. The molecule has 0 saturated carbocycles. The number of para-hydroxylation sites is 1. The van der Waals surface area contributed by atoms with Gasteiger partial charge in [-0.1, -0.05) is 18.2 Å². The molecule has 116 valence electrons. The number of aryl methyl sites for hydroxylation is 1. The van der Waals surface area contributed by atoms with Crippen LogP contribution in [0.1, 0.15) is 16.1 Å². The molecule has 0 N–H and O–H groups in total. The number of amides is 1. The van der Waals surface area contributed by atoms with E-state index in [1.54, 1.807) is 35.1 Å². The number of aromatic nitrogens is 1. The molecule has 3 nitrogen and oxygen atoms in total. The van der Waals surface area contributed by atoms with Crippen molar-refractivity contribution in [3.63, 3.8) is 0 Å². The van der Waals surface area contributed by atoms with Crippen LogP contribution in [0.5, 0.6) is 0 Å². The number of hydrogen-bond donors (Lipinski definition) is 0. The average molecular weight is 330 g/mol. The highest BCUT2D eigenvalue weighted by Crippen LogP contribution is 2.15. The van der Waals surface area contributed by atoms with E-state index in [1.165, 1.54) is 35.6 Å². The molecule has 0 unspecified atom stereocenters. The van der Waals surface area contributed by atoms with Gasteiger partial charge in [0.1, 0.15) is 11.6 Å². The van der Waals surface area contributed by atoms with Crippen LogP contribution in [0.4, 0.5) is 8.78 Å². The first kappa shape index (κ1) is 15.3. The molecular formula is C17H12F2N2OS. The summed E-state index contributed by atoms with van der Waals surface area (Å²) in [5.74, 6) is -1.49. The molecule has 1 heterocycles. The van der Waals surface area contributed by atoms with Gasteiger partial charge in [-0.2, -0.15) is 4.99 Å². The third-order valence-corrected chi connectivity index (χ3v) is 4.18. The van der Waals surface area contributed by atoms with E-state index >= 15 is 0 Å². The summed E-state index contributed by atoms with van der Waals surface area (Å²) >= 11 is 1.22. The van der Waals surface area contributed by atoms with Crippen LogP contribution in [0.2, 0.25) is 0 Å². The lowest BCUT2D eigenvalue weighted by atomic mass is 10.2. The molecule has 3 rings (SSSR count). The van der Waals surface area contributed by atoms with Gasteiger partial charge in [0.15, 0.2) is 4.80 Å². The maximum absolute atomic E-state index is 14.0. The van der Waals surface area contributed by atoms with Crippen LogP contribution in [0.3, 0.4) is 0 Å². The Hall–Kier alpha value is -2.60. The number of carbonyl (C=O) groups is 1. The molecular weight excluding hydrogens is 318 g/mol. The zero-order chi connectivity index (χ0) is 16.4. The third kappa shape index (κ3) is 3.12. The fraction of sp³-hybridized carbons (Fsp3) is 0.0588. The number of halogens is 2. The molecule has 23 heavy (non-hydrogen) atoms. The minimum Gasteiger partial charge on any atom is -0.287 e. The van der Waals surface area contributed by atoms with Gasteiger partial charge in [0, 0.05) is 16.6 Å². The van der Waals surface area contributed by atoms with Gasteiger partial charge in [-0.25, -0.2) is 8.78 Å². The van der Waals surface area contributed by atoms with E-state index in [1.807, 2.05) is 0 Å². The Morgan fingerprint density at radius 3 is 2.65 bits per heavy atom. The van der Waals surface area contributed by atoms with Gasteiger partial charge in [0.05, 0.1) is 5.69 Å². The van der Waals surface area contributed by atoms with Gasteiger partial charge in [-0.3, -0.25) is 9.36 Å². The van der Waals surface area contributed by atoms with Crippen molar-refractivity contribution in [3.8, 4) is 5.69 Å². The molecule has 1 amide bonds. The number of thiazole rings is 1. The van der Waals surface area contributed by atoms with E-state index in [2.05, 4.69) is 4.99 Å². The van der Waals surface area contributed by atoms with Crippen LogP contribution < -0.4 is 4.80 Å². The second-order valence-corrected chi connectivity index (χ2v) is 5.71. The lowest BCUT2D eigenvalue weighted by Crippen LogP contribution is -2.17. The maximum atomic E-state index is 14.0. The summed E-state index contributed by atoms with van der Waals surface area (Å²) in [5, 5.41) is 1.78. The van der Waals surface area contributed by atoms with Crippen LogP contribution in [0.25, 0.3) is 5.69 Å². The first-order valence-electron chi connectivity index (χ1n) is 6.83. The lowest BCUT2D eigenvalue weighted by Gasteiger charge is -2.06. The molecule has 0 fully saturated rings. The van der Waals surface area contributed by atoms with Crippen LogP contribution in [-0.4, -0.2) is 10.5 Å². The second-order valence-electron chi connectivity index (χ2n) is 4.87. The van der Waals surface area contributed by atoms with Crippen LogP contribution in [0, 0.1) is 18.6 Å². The number of benzene rings is 2. The van der Waals surface area contributed by atoms with E-state index in [4.69, 9.17) is 0 Å². The van der Waals surface area contributed by atoms with Crippen molar-refractivity contribution >= 4 is 17.2 Å². The fourth-order valence-electron chi connectivity index (χ4n) is 2.17. The average Bonchev–Trinajstić information content (AvgIpc) is 2.88. The third-order valence-electron chi connectivity index (χ3n) is 3.24. The highest BCUT2D eigenvalue weighted by molar-refractivity contribution is 7.07. The van der Waals surface area contributed by atoms with Crippen molar-refractivity contribution in [2.24, 2.45) is 4.99 Å². The zero-order valence-corrected chi connectivity index (χ0v) is 13.0. The number of carbonyl (C=O) groups excluding carboxylic acids is 1. The summed E-state index contributed by atoms with van der Waals surface area (Å²) in [6, 6.07) is 11.6. The highest BCUT2D eigenvalue weighted by atomic mass is 32.1. The summed E-state index contributed by atoms with van der Waals surface area (Å²) in [7, 11) is 0. The molecule has 2 aromatic carbocycles. The predicted octanol–water partition coefficient (Wildman–Crippen LogP) is 3.87. The van der Waals surface area contributed by atoms with Gasteiger partial charge in [0.25, 0.3) is 5.91 Å². The van der Waals surface area contributed by atoms with Crippen molar-refractivity contribution in [2.75, 3.05) is 0 Å². The molecule has 0 aliphatic heterocycles. The molecule has 0 spiro atoms. The predicted molar refractivity (Wildman–Crippen MR) is 84.6 cm³/mol. The summed E-state index contributed by atoms with van der Waals surface area (Å²) in [5.41, 5.74) is 1.22. The van der Waals surface area contributed by atoms with Gasteiger partial charge in [0.2, 0.25) is 0 Å². The Kier molecular flexibility index (Phi) is 4.16. The van der Waals surface area contributed by atoms with Gasteiger partial charge in [-0.15, -0.1) is 11.3 Å². The molecule has 0 bridgehead atoms. The first-order valence-corrected chi connectivity index (χ1v) is 7.71. The maximum Gasteiger partial charge on any atom is 0.279 e. The normalized spacial score (nSPS) is 11.7. The molecule has 0 atom stereocenters. The molecule has 6 heteroatoms. The quantitative estimate of drug-likeness (QED) is 0.702. The SMILES string of the molecule is Cc1csc(=NC(=O)c2cccc(F)c2)n1-c1ccccc1F. The molecule has 3 aromatic rings. The van der Waals surface area contributed by atoms with Crippen molar-refractivity contribution < 1.29 is 13.6 Å². The monoisotopic (exact) mass is 330 g/mol. The number of nitrogens with zero attached hydrogens (tertiary/aromatic N) is 2. The van der Waals surface area contributed by atoms with Crippen LogP contribution in [-0.2, 0) is 0 Å². The van der Waals surface area contributed by atoms with E-state index in [9.17, 15) is 13.6 Å². The highest BCUT2D eigenvalue weighted by Gasteiger charge is 2.11. The molecule has 0 aliphatic rings. The summed E-state index contributed by atoms with van der Waals surface area (Å²) < 4.78 is 28.8. The van der Waals surface area contributed by atoms with Crippen molar-refractivity contribution in [1.82, 2.24) is 4.57 Å². The van der Waals surface area contributed by atoms with Crippen molar-refractivity contribution in [3.05, 3.63) is 81.6 Å². The molecule has 0 radical (unpaired) electrons. The smallest absolute Gasteiger partial charge is 0.279 e. The first-order chi connectivity index (χ1) is 11.1. The summed E-state index contributed by atoms with van der Waals surface area (Å²) in [4.78, 5) is 16.6. The summed E-state index contributed by atoms with van der Waals surface area (Å²) in [6.45, 7) is 1.80. The fourth-order valence-corrected chi connectivity index (χ4v) is 3.03.